The molecule has 0 amide bonds. The van der Waals surface area contributed by atoms with Crippen LogP contribution < -0.4 is 0 Å². The van der Waals surface area contributed by atoms with Gasteiger partial charge >= 0.3 is 0 Å². The Morgan fingerprint density at radius 3 is 2.56 bits per heavy atom. The highest BCUT2D eigenvalue weighted by atomic mass is 35.5. The molecule has 0 bridgehead atoms. The first-order chi connectivity index (χ1) is 7.70. The Labute approximate surface area is 103 Å². The zero-order chi connectivity index (χ0) is 11.5. The molecule has 1 aromatic heterocycles. The van der Waals surface area contributed by atoms with E-state index in [-0.39, 0.29) is 5.69 Å². The molecule has 0 radical (unpaired) electrons. The van der Waals surface area contributed by atoms with Gasteiger partial charge in [-0.3, -0.25) is 0 Å². The fraction of sp³-hybridized carbons (Fsp3) is 0. The normalized spacial score (nSPS) is 9.81. The Bertz CT molecular complexity index is 573. The van der Waals surface area contributed by atoms with Crippen LogP contribution in [0.25, 0.3) is 11.1 Å². The number of hydrogen-bond donors (Lipinski definition) is 0. The number of hydrogen-bond acceptors (Lipinski definition) is 2. The third kappa shape index (κ3) is 2.16. The smallest absolute Gasteiger partial charge is 0.159 e. The van der Waals surface area contributed by atoms with Gasteiger partial charge in [0, 0.05) is 16.8 Å². The Kier molecular flexibility index (Phi) is 3.09. The predicted molar refractivity (Wildman–Crippen MR) is 64.4 cm³/mol. The van der Waals surface area contributed by atoms with E-state index < -0.39 is 0 Å². The number of nitriles is 1. The third-order valence-electron chi connectivity index (χ3n) is 2.11. The lowest BCUT2D eigenvalue weighted by Gasteiger charge is -2.02. The van der Waals surface area contributed by atoms with E-state index in [4.69, 9.17) is 28.5 Å². The lowest BCUT2D eigenvalue weighted by atomic mass is 10.1. The summed E-state index contributed by atoms with van der Waals surface area (Å²) in [6.07, 6.45) is 1.61. The average molecular weight is 249 g/mol. The maximum atomic E-state index is 8.71. The van der Waals surface area contributed by atoms with E-state index in [0.29, 0.717) is 10.0 Å². The van der Waals surface area contributed by atoms with Gasteiger partial charge < -0.3 is 0 Å². The molecular formula is C12H6Cl2N2. The van der Waals surface area contributed by atoms with Gasteiger partial charge in [-0.05, 0) is 23.8 Å². The molecule has 78 valence electrons. The first-order valence-electron chi connectivity index (χ1n) is 4.52. The molecule has 2 aromatic rings. The number of benzene rings is 1. The van der Waals surface area contributed by atoms with Crippen LogP contribution in [-0.4, -0.2) is 4.98 Å². The summed E-state index contributed by atoms with van der Waals surface area (Å²) in [7, 11) is 0. The molecule has 0 unspecified atom stereocenters. The van der Waals surface area contributed by atoms with Crippen molar-refractivity contribution in [2.45, 2.75) is 0 Å². The number of aromatic nitrogens is 1. The molecule has 16 heavy (non-hydrogen) atoms. The minimum atomic E-state index is 0.229. The molecule has 2 rings (SSSR count). The quantitative estimate of drug-likeness (QED) is 0.767. The molecule has 0 spiro atoms. The van der Waals surface area contributed by atoms with Crippen molar-refractivity contribution in [2.24, 2.45) is 0 Å². The highest BCUT2D eigenvalue weighted by Crippen LogP contribution is 2.25. The predicted octanol–water partition coefficient (Wildman–Crippen LogP) is 3.93. The van der Waals surface area contributed by atoms with E-state index in [1.807, 2.05) is 24.3 Å². The lowest BCUT2D eigenvalue weighted by Crippen LogP contribution is -1.86. The highest BCUT2D eigenvalue weighted by Gasteiger charge is 2.04. The van der Waals surface area contributed by atoms with Crippen molar-refractivity contribution in [3.8, 4) is 17.2 Å². The summed E-state index contributed by atoms with van der Waals surface area (Å²) in [4.78, 5) is 3.97. The summed E-state index contributed by atoms with van der Waals surface area (Å²) in [6.45, 7) is 0. The van der Waals surface area contributed by atoms with E-state index in [1.54, 1.807) is 18.3 Å². The number of rotatable bonds is 1. The van der Waals surface area contributed by atoms with E-state index in [9.17, 15) is 0 Å². The van der Waals surface area contributed by atoms with Gasteiger partial charge in [0.15, 0.2) is 5.69 Å². The largest absolute Gasteiger partial charge is 0.243 e. The van der Waals surface area contributed by atoms with E-state index in [0.717, 1.165) is 11.1 Å². The summed E-state index contributed by atoms with van der Waals surface area (Å²) in [5, 5.41) is 9.70. The van der Waals surface area contributed by atoms with Gasteiger partial charge in [0.2, 0.25) is 0 Å². The van der Waals surface area contributed by atoms with E-state index >= 15 is 0 Å². The molecule has 1 heterocycles. The number of halogens is 2. The molecule has 0 aliphatic heterocycles. The molecule has 2 nitrogen and oxygen atoms in total. The molecule has 0 fully saturated rings. The van der Waals surface area contributed by atoms with Gasteiger partial charge in [0.25, 0.3) is 0 Å². The van der Waals surface area contributed by atoms with Gasteiger partial charge in [-0.25, -0.2) is 4.98 Å². The summed E-state index contributed by atoms with van der Waals surface area (Å²) >= 11 is 11.8. The summed E-state index contributed by atoms with van der Waals surface area (Å²) in [5.41, 5.74) is 1.99. The summed E-state index contributed by atoms with van der Waals surface area (Å²) < 4.78 is 0. The maximum Gasteiger partial charge on any atom is 0.159 e. The average Bonchev–Trinajstić information content (AvgIpc) is 2.29. The van der Waals surface area contributed by atoms with Crippen molar-refractivity contribution in [2.75, 3.05) is 0 Å². The molecular weight excluding hydrogens is 243 g/mol. The molecule has 0 N–H and O–H groups in total. The second-order valence-electron chi connectivity index (χ2n) is 3.18. The number of nitrogens with zero attached hydrogens (tertiary/aromatic N) is 2. The van der Waals surface area contributed by atoms with Crippen LogP contribution in [0.15, 0.2) is 36.5 Å². The molecule has 0 aliphatic carbocycles. The second kappa shape index (κ2) is 4.52. The van der Waals surface area contributed by atoms with Crippen LogP contribution in [0.4, 0.5) is 0 Å². The van der Waals surface area contributed by atoms with Crippen molar-refractivity contribution in [3.63, 3.8) is 0 Å². The second-order valence-corrected chi connectivity index (χ2v) is 4.02. The van der Waals surface area contributed by atoms with Crippen molar-refractivity contribution in [3.05, 3.63) is 52.3 Å². The van der Waals surface area contributed by atoms with Crippen molar-refractivity contribution >= 4 is 23.2 Å². The van der Waals surface area contributed by atoms with Gasteiger partial charge in [0.1, 0.15) is 6.07 Å². The Balaban J connectivity index is 2.50. The van der Waals surface area contributed by atoms with Gasteiger partial charge in [0.05, 0.1) is 5.02 Å². The van der Waals surface area contributed by atoms with Crippen LogP contribution in [0.2, 0.25) is 10.0 Å². The zero-order valence-electron chi connectivity index (χ0n) is 8.11. The first kappa shape index (κ1) is 10.9. The standard InChI is InChI=1S/C12H6Cl2N2/c13-10-3-1-2-8(4-10)9-5-11(14)12(6-15)16-7-9/h1-5,7H. The number of pyridine rings is 1. The van der Waals surface area contributed by atoms with Crippen molar-refractivity contribution < 1.29 is 0 Å². The van der Waals surface area contributed by atoms with Crippen LogP contribution in [0.1, 0.15) is 5.69 Å². The van der Waals surface area contributed by atoms with Crippen LogP contribution >= 0.6 is 23.2 Å². The Hall–Kier alpha value is -1.56. The SMILES string of the molecule is N#Cc1ncc(-c2cccc(Cl)c2)cc1Cl. The minimum Gasteiger partial charge on any atom is -0.243 e. The highest BCUT2D eigenvalue weighted by molar-refractivity contribution is 6.32. The van der Waals surface area contributed by atoms with Gasteiger partial charge in [-0.1, -0.05) is 35.3 Å². The van der Waals surface area contributed by atoms with E-state index in [1.165, 1.54) is 0 Å². The van der Waals surface area contributed by atoms with Crippen molar-refractivity contribution in [1.29, 1.82) is 5.26 Å². The molecule has 1 aromatic carbocycles. The van der Waals surface area contributed by atoms with E-state index in [2.05, 4.69) is 4.98 Å². The van der Waals surface area contributed by atoms with Gasteiger partial charge in [-0.2, -0.15) is 5.26 Å². The van der Waals surface area contributed by atoms with Crippen LogP contribution in [0.5, 0.6) is 0 Å². The lowest BCUT2D eigenvalue weighted by molar-refractivity contribution is 1.26. The first-order valence-corrected chi connectivity index (χ1v) is 5.28. The zero-order valence-corrected chi connectivity index (χ0v) is 9.63. The van der Waals surface area contributed by atoms with Crippen LogP contribution in [-0.2, 0) is 0 Å². The fourth-order valence-electron chi connectivity index (χ4n) is 1.35. The molecule has 0 aliphatic rings. The molecule has 4 heteroatoms. The fourth-order valence-corrected chi connectivity index (χ4v) is 1.74. The monoisotopic (exact) mass is 248 g/mol. The third-order valence-corrected chi connectivity index (χ3v) is 2.63. The minimum absolute atomic E-state index is 0.229. The molecule has 0 saturated carbocycles. The Morgan fingerprint density at radius 2 is 1.94 bits per heavy atom. The Morgan fingerprint density at radius 1 is 1.12 bits per heavy atom. The molecule has 0 saturated heterocycles. The van der Waals surface area contributed by atoms with Crippen LogP contribution in [0, 0.1) is 11.3 Å². The van der Waals surface area contributed by atoms with Gasteiger partial charge in [-0.15, -0.1) is 0 Å². The summed E-state index contributed by atoms with van der Waals surface area (Å²) in [5.74, 6) is 0. The maximum absolute atomic E-state index is 8.71. The molecule has 0 atom stereocenters. The van der Waals surface area contributed by atoms with Crippen LogP contribution in [0.3, 0.4) is 0 Å². The van der Waals surface area contributed by atoms with Crippen molar-refractivity contribution in [1.82, 2.24) is 4.98 Å². The summed E-state index contributed by atoms with van der Waals surface area (Å²) in [6, 6.07) is 11.0. The topological polar surface area (TPSA) is 36.7 Å².